The number of carbonyl (C=O) groups excluding carboxylic acids is 1. The van der Waals surface area contributed by atoms with Crippen molar-refractivity contribution < 1.29 is 4.79 Å². The molecule has 15 heavy (non-hydrogen) atoms. The van der Waals surface area contributed by atoms with Gasteiger partial charge in [0.15, 0.2) is 0 Å². The van der Waals surface area contributed by atoms with E-state index in [9.17, 15) is 4.79 Å². The van der Waals surface area contributed by atoms with Crippen LogP contribution in [0.15, 0.2) is 0 Å². The third kappa shape index (κ3) is 7.40. The third-order valence-electron chi connectivity index (χ3n) is 2.81. The summed E-state index contributed by atoms with van der Waals surface area (Å²) in [6.07, 6.45) is 4.80. The molecule has 2 heteroatoms. The van der Waals surface area contributed by atoms with E-state index in [4.69, 9.17) is 0 Å². The van der Waals surface area contributed by atoms with Crippen molar-refractivity contribution in [2.45, 2.75) is 66.3 Å². The monoisotopic (exact) mass is 213 g/mol. The van der Waals surface area contributed by atoms with Crippen LogP contribution in [0.25, 0.3) is 0 Å². The number of unbranched alkanes of at least 4 members (excludes halogenated alkanes) is 1. The Morgan fingerprint density at radius 3 is 2.27 bits per heavy atom. The molecule has 1 N–H and O–H groups in total. The van der Waals surface area contributed by atoms with E-state index in [-0.39, 0.29) is 5.91 Å². The van der Waals surface area contributed by atoms with Gasteiger partial charge in [0.1, 0.15) is 0 Å². The smallest absolute Gasteiger partial charge is 0.217 e. The molecule has 0 aromatic heterocycles. The van der Waals surface area contributed by atoms with Crippen molar-refractivity contribution in [1.29, 1.82) is 0 Å². The quantitative estimate of drug-likeness (QED) is 0.690. The van der Waals surface area contributed by atoms with E-state index < -0.39 is 0 Å². The molecule has 2 unspecified atom stereocenters. The van der Waals surface area contributed by atoms with Crippen LogP contribution in [-0.4, -0.2) is 11.9 Å². The SMILES string of the molecule is CCCCC(C)C(CC(C)C)NC(C)=O. The number of nitrogens with one attached hydrogen (secondary N) is 1. The van der Waals surface area contributed by atoms with Gasteiger partial charge in [0.05, 0.1) is 0 Å². The van der Waals surface area contributed by atoms with Crippen molar-refractivity contribution in [3.8, 4) is 0 Å². The zero-order chi connectivity index (χ0) is 11.8. The maximum absolute atomic E-state index is 11.1. The molecule has 0 heterocycles. The van der Waals surface area contributed by atoms with Crippen molar-refractivity contribution >= 4 is 5.91 Å². The minimum atomic E-state index is 0.101. The Kier molecular flexibility index (Phi) is 7.45. The number of hydrogen-bond donors (Lipinski definition) is 1. The fourth-order valence-corrected chi connectivity index (χ4v) is 1.93. The first-order valence-corrected chi connectivity index (χ1v) is 6.24. The van der Waals surface area contributed by atoms with Gasteiger partial charge in [-0.25, -0.2) is 0 Å². The highest BCUT2D eigenvalue weighted by molar-refractivity contribution is 5.73. The van der Waals surface area contributed by atoms with Crippen LogP contribution in [-0.2, 0) is 4.79 Å². The van der Waals surface area contributed by atoms with Crippen LogP contribution in [0.5, 0.6) is 0 Å². The number of rotatable bonds is 7. The summed E-state index contributed by atoms with van der Waals surface area (Å²) in [7, 11) is 0. The summed E-state index contributed by atoms with van der Waals surface area (Å²) in [5, 5.41) is 3.08. The average molecular weight is 213 g/mol. The summed E-state index contributed by atoms with van der Waals surface area (Å²) in [5.74, 6) is 1.34. The van der Waals surface area contributed by atoms with Crippen LogP contribution in [0.1, 0.15) is 60.3 Å². The normalized spacial score (nSPS) is 15.1. The molecule has 0 fully saturated rings. The van der Waals surface area contributed by atoms with Crippen molar-refractivity contribution in [1.82, 2.24) is 5.32 Å². The first-order valence-electron chi connectivity index (χ1n) is 6.24. The standard InChI is InChI=1S/C13H27NO/c1-6-7-8-11(4)13(9-10(2)3)14-12(5)15/h10-11,13H,6-9H2,1-5H3,(H,14,15). The largest absolute Gasteiger partial charge is 0.353 e. The molecule has 0 saturated carbocycles. The molecule has 0 bridgehead atoms. The lowest BCUT2D eigenvalue weighted by atomic mass is 9.89. The Labute approximate surface area is 94.8 Å². The molecular formula is C13H27NO. The van der Waals surface area contributed by atoms with Gasteiger partial charge in [-0.1, -0.05) is 40.5 Å². The molecule has 0 aliphatic heterocycles. The zero-order valence-corrected chi connectivity index (χ0v) is 11.0. The molecule has 0 radical (unpaired) electrons. The van der Waals surface area contributed by atoms with Crippen LogP contribution in [0.4, 0.5) is 0 Å². The molecule has 0 aliphatic rings. The average Bonchev–Trinajstić information content (AvgIpc) is 2.11. The van der Waals surface area contributed by atoms with Crippen molar-refractivity contribution in [3.63, 3.8) is 0 Å². The number of carbonyl (C=O) groups is 1. The highest BCUT2D eigenvalue weighted by Gasteiger charge is 2.18. The van der Waals surface area contributed by atoms with E-state index >= 15 is 0 Å². The first kappa shape index (κ1) is 14.5. The maximum atomic E-state index is 11.1. The molecule has 2 nitrogen and oxygen atoms in total. The van der Waals surface area contributed by atoms with E-state index in [1.807, 2.05) is 0 Å². The second kappa shape index (κ2) is 7.72. The topological polar surface area (TPSA) is 29.1 Å². The summed E-state index contributed by atoms with van der Waals surface area (Å²) in [5.41, 5.74) is 0. The molecule has 0 aromatic carbocycles. The molecule has 90 valence electrons. The Morgan fingerprint density at radius 2 is 1.87 bits per heavy atom. The van der Waals surface area contributed by atoms with Gasteiger partial charge in [0.2, 0.25) is 5.91 Å². The molecule has 0 spiro atoms. The van der Waals surface area contributed by atoms with Crippen molar-refractivity contribution in [2.24, 2.45) is 11.8 Å². The summed E-state index contributed by atoms with van der Waals surface area (Å²) in [4.78, 5) is 11.1. The van der Waals surface area contributed by atoms with Crippen LogP contribution in [0.3, 0.4) is 0 Å². The maximum Gasteiger partial charge on any atom is 0.217 e. The van der Waals surface area contributed by atoms with Gasteiger partial charge in [0.25, 0.3) is 0 Å². The van der Waals surface area contributed by atoms with Crippen LogP contribution in [0, 0.1) is 11.8 Å². The minimum Gasteiger partial charge on any atom is -0.353 e. The Balaban J connectivity index is 4.13. The van der Waals surface area contributed by atoms with Crippen LogP contribution >= 0.6 is 0 Å². The Bertz CT molecular complexity index is 177. The van der Waals surface area contributed by atoms with Gasteiger partial charge >= 0.3 is 0 Å². The van der Waals surface area contributed by atoms with Gasteiger partial charge in [-0.2, -0.15) is 0 Å². The van der Waals surface area contributed by atoms with Gasteiger partial charge in [-0.15, -0.1) is 0 Å². The predicted molar refractivity (Wildman–Crippen MR) is 65.7 cm³/mol. The van der Waals surface area contributed by atoms with E-state index in [1.54, 1.807) is 6.92 Å². The van der Waals surface area contributed by atoms with E-state index in [0.717, 1.165) is 6.42 Å². The summed E-state index contributed by atoms with van der Waals surface area (Å²) in [6.45, 7) is 10.5. The van der Waals surface area contributed by atoms with Crippen LogP contribution in [0.2, 0.25) is 0 Å². The molecule has 1 amide bonds. The number of amides is 1. The van der Waals surface area contributed by atoms with Gasteiger partial charge in [-0.05, 0) is 24.7 Å². The fourth-order valence-electron chi connectivity index (χ4n) is 1.93. The molecule has 2 atom stereocenters. The minimum absolute atomic E-state index is 0.101. The Morgan fingerprint density at radius 1 is 1.27 bits per heavy atom. The Hall–Kier alpha value is -0.530. The fraction of sp³-hybridized carbons (Fsp3) is 0.923. The molecule has 0 saturated heterocycles. The van der Waals surface area contributed by atoms with Crippen molar-refractivity contribution in [3.05, 3.63) is 0 Å². The third-order valence-corrected chi connectivity index (χ3v) is 2.81. The second-order valence-corrected chi connectivity index (χ2v) is 5.06. The summed E-state index contributed by atoms with van der Waals surface area (Å²) in [6, 6.07) is 0.356. The van der Waals surface area contributed by atoms with Gasteiger partial charge in [-0.3, -0.25) is 4.79 Å². The highest BCUT2D eigenvalue weighted by Crippen LogP contribution is 2.18. The lowest BCUT2D eigenvalue weighted by Crippen LogP contribution is -2.39. The van der Waals surface area contributed by atoms with Gasteiger partial charge in [0, 0.05) is 13.0 Å². The first-order chi connectivity index (χ1) is 6.97. The van der Waals surface area contributed by atoms with E-state index in [0.29, 0.717) is 17.9 Å². The molecule has 0 aromatic rings. The lowest BCUT2D eigenvalue weighted by molar-refractivity contribution is -0.120. The van der Waals surface area contributed by atoms with Gasteiger partial charge < -0.3 is 5.32 Å². The van der Waals surface area contributed by atoms with Crippen LogP contribution < -0.4 is 5.32 Å². The zero-order valence-electron chi connectivity index (χ0n) is 11.0. The van der Waals surface area contributed by atoms with E-state index in [1.165, 1.54) is 19.3 Å². The van der Waals surface area contributed by atoms with E-state index in [2.05, 4.69) is 33.0 Å². The lowest BCUT2D eigenvalue weighted by Gasteiger charge is -2.26. The summed E-state index contributed by atoms with van der Waals surface area (Å²) >= 11 is 0. The molecule has 0 aliphatic carbocycles. The second-order valence-electron chi connectivity index (χ2n) is 5.06. The number of hydrogen-bond acceptors (Lipinski definition) is 1. The molecular weight excluding hydrogens is 186 g/mol. The molecule has 0 rings (SSSR count). The predicted octanol–water partition coefficient (Wildman–Crippen LogP) is 3.36. The highest BCUT2D eigenvalue weighted by atomic mass is 16.1. The van der Waals surface area contributed by atoms with Crippen molar-refractivity contribution in [2.75, 3.05) is 0 Å². The summed E-state index contributed by atoms with van der Waals surface area (Å²) < 4.78 is 0.